The van der Waals surface area contributed by atoms with Crippen molar-refractivity contribution < 1.29 is 8.42 Å². The van der Waals surface area contributed by atoms with Gasteiger partial charge in [0.15, 0.2) is 0 Å². The highest BCUT2D eigenvalue weighted by Crippen LogP contribution is 2.31. The molecule has 8 heteroatoms. The molecule has 0 radical (unpaired) electrons. The Labute approximate surface area is 121 Å². The number of hydrogen-bond acceptors (Lipinski definition) is 5. The first-order valence-electron chi connectivity index (χ1n) is 5.57. The largest absolute Gasteiger partial charge is 0.326 e. The summed E-state index contributed by atoms with van der Waals surface area (Å²) >= 11 is 4.61. The number of thiophene rings is 1. The minimum absolute atomic E-state index is 0.270. The second kappa shape index (κ2) is 6.97. The van der Waals surface area contributed by atoms with Crippen molar-refractivity contribution >= 4 is 37.3 Å². The average molecular weight is 356 g/mol. The Bertz CT molecular complexity index is 487. The molecule has 18 heavy (non-hydrogen) atoms. The molecule has 0 spiro atoms. The highest BCUT2D eigenvalue weighted by Gasteiger charge is 2.20. The smallest absolute Gasteiger partial charge is 0.242 e. The molecule has 1 rings (SSSR count). The molecule has 5 nitrogen and oxygen atoms in total. The van der Waals surface area contributed by atoms with Gasteiger partial charge < -0.3 is 10.6 Å². The summed E-state index contributed by atoms with van der Waals surface area (Å²) in [4.78, 5) is 3.15. The molecule has 1 aromatic rings. The molecule has 3 N–H and O–H groups in total. The maximum absolute atomic E-state index is 12.1. The van der Waals surface area contributed by atoms with E-state index in [9.17, 15) is 8.42 Å². The monoisotopic (exact) mass is 355 g/mol. The molecular weight excluding hydrogens is 338 g/mol. The minimum atomic E-state index is -3.45. The van der Waals surface area contributed by atoms with E-state index >= 15 is 0 Å². The summed E-state index contributed by atoms with van der Waals surface area (Å²) in [6.07, 6.45) is 0. The van der Waals surface area contributed by atoms with E-state index in [1.54, 1.807) is 6.07 Å². The quantitative estimate of drug-likeness (QED) is 0.770. The summed E-state index contributed by atoms with van der Waals surface area (Å²) in [6, 6.07) is 1.61. The summed E-state index contributed by atoms with van der Waals surface area (Å²) in [7, 11) is -1.51. The molecule has 104 valence electrons. The standard InChI is InChI=1S/C10H18BrN3O2S2/c1-3-14(2)5-4-13-18(15,16)9-6-8(7-12)17-10(9)11/h6,13H,3-5,7,12H2,1-2H3. The van der Waals surface area contributed by atoms with Crippen LogP contribution in [0.15, 0.2) is 14.7 Å². The predicted molar refractivity (Wildman–Crippen MR) is 78.3 cm³/mol. The van der Waals surface area contributed by atoms with Gasteiger partial charge in [0.2, 0.25) is 10.0 Å². The third-order valence-corrected chi connectivity index (χ3v) is 6.26. The zero-order valence-corrected chi connectivity index (χ0v) is 13.7. The lowest BCUT2D eigenvalue weighted by Crippen LogP contribution is -2.32. The van der Waals surface area contributed by atoms with Gasteiger partial charge in [0.25, 0.3) is 0 Å². The Morgan fingerprint density at radius 3 is 2.72 bits per heavy atom. The van der Waals surface area contributed by atoms with Crippen molar-refractivity contribution in [1.82, 2.24) is 9.62 Å². The summed E-state index contributed by atoms with van der Waals surface area (Å²) in [5, 5.41) is 0. The third-order valence-electron chi connectivity index (χ3n) is 2.52. The van der Waals surface area contributed by atoms with Gasteiger partial charge in [-0.15, -0.1) is 11.3 Å². The number of likely N-dealkylation sites (N-methyl/N-ethyl adjacent to an activating group) is 1. The summed E-state index contributed by atoms with van der Waals surface area (Å²) in [6.45, 7) is 4.34. The molecule has 0 fully saturated rings. The predicted octanol–water partition coefficient (Wildman–Crippen LogP) is 1.20. The first-order valence-corrected chi connectivity index (χ1v) is 8.66. The number of halogens is 1. The SMILES string of the molecule is CCN(C)CCNS(=O)(=O)c1cc(CN)sc1Br. The van der Waals surface area contributed by atoms with Gasteiger partial charge in [0, 0.05) is 24.5 Å². The normalized spacial score (nSPS) is 12.3. The highest BCUT2D eigenvalue weighted by atomic mass is 79.9. The van der Waals surface area contributed by atoms with E-state index in [4.69, 9.17) is 5.73 Å². The lowest BCUT2D eigenvalue weighted by Gasteiger charge is -2.13. The van der Waals surface area contributed by atoms with Crippen LogP contribution in [-0.4, -0.2) is 40.0 Å². The lowest BCUT2D eigenvalue weighted by molar-refractivity contribution is 0.358. The Morgan fingerprint density at radius 1 is 1.56 bits per heavy atom. The second-order valence-corrected chi connectivity index (χ2v) is 8.04. The highest BCUT2D eigenvalue weighted by molar-refractivity contribution is 9.11. The Hall–Kier alpha value is 0.01000. The van der Waals surface area contributed by atoms with E-state index in [-0.39, 0.29) is 4.90 Å². The van der Waals surface area contributed by atoms with Gasteiger partial charge in [-0.1, -0.05) is 6.92 Å². The number of nitrogens with one attached hydrogen (secondary N) is 1. The van der Waals surface area contributed by atoms with Crippen LogP contribution in [0.3, 0.4) is 0 Å². The average Bonchev–Trinajstić information content (AvgIpc) is 2.71. The van der Waals surface area contributed by atoms with E-state index in [0.29, 0.717) is 23.4 Å². The Kier molecular flexibility index (Phi) is 6.22. The van der Waals surface area contributed by atoms with Crippen molar-refractivity contribution in [1.29, 1.82) is 0 Å². The van der Waals surface area contributed by atoms with Crippen molar-refractivity contribution in [3.05, 3.63) is 14.7 Å². The van der Waals surface area contributed by atoms with E-state index in [1.807, 2.05) is 18.9 Å². The molecule has 0 saturated heterocycles. The molecule has 0 amide bonds. The zero-order chi connectivity index (χ0) is 13.8. The van der Waals surface area contributed by atoms with Crippen LogP contribution >= 0.6 is 27.3 Å². The summed E-state index contributed by atoms with van der Waals surface area (Å²) in [5.74, 6) is 0. The molecule has 0 unspecified atom stereocenters. The van der Waals surface area contributed by atoms with Gasteiger partial charge in [-0.2, -0.15) is 0 Å². The van der Waals surface area contributed by atoms with Gasteiger partial charge in [-0.25, -0.2) is 13.1 Å². The fourth-order valence-corrected chi connectivity index (χ4v) is 4.87. The number of rotatable bonds is 7. The van der Waals surface area contributed by atoms with Crippen LogP contribution in [-0.2, 0) is 16.6 Å². The van der Waals surface area contributed by atoms with Crippen LogP contribution < -0.4 is 10.5 Å². The van der Waals surface area contributed by atoms with E-state index in [2.05, 4.69) is 20.7 Å². The fourth-order valence-electron chi connectivity index (χ4n) is 1.29. The van der Waals surface area contributed by atoms with Crippen LogP contribution in [0, 0.1) is 0 Å². The summed E-state index contributed by atoms with van der Waals surface area (Å²) < 4.78 is 27.3. The third kappa shape index (κ3) is 4.29. The van der Waals surface area contributed by atoms with Crippen LogP contribution in [0.2, 0.25) is 0 Å². The first kappa shape index (κ1) is 16.1. The molecule has 0 aromatic carbocycles. The van der Waals surface area contributed by atoms with Gasteiger partial charge >= 0.3 is 0 Å². The topological polar surface area (TPSA) is 75.4 Å². The van der Waals surface area contributed by atoms with Gasteiger partial charge in [-0.3, -0.25) is 0 Å². The van der Waals surface area contributed by atoms with Crippen molar-refractivity contribution in [2.24, 2.45) is 5.73 Å². The van der Waals surface area contributed by atoms with Gasteiger partial charge in [0.1, 0.15) is 4.90 Å². The minimum Gasteiger partial charge on any atom is -0.326 e. The van der Waals surface area contributed by atoms with E-state index in [1.165, 1.54) is 11.3 Å². The number of nitrogens with zero attached hydrogens (tertiary/aromatic N) is 1. The Balaban J connectivity index is 2.71. The first-order chi connectivity index (χ1) is 8.40. The van der Waals surface area contributed by atoms with Crippen LogP contribution in [0.4, 0.5) is 0 Å². The van der Waals surface area contributed by atoms with Crippen LogP contribution in [0.25, 0.3) is 0 Å². The molecule has 0 bridgehead atoms. The van der Waals surface area contributed by atoms with Crippen molar-refractivity contribution in [3.63, 3.8) is 0 Å². The molecule has 0 aliphatic rings. The molecule has 0 saturated carbocycles. The lowest BCUT2D eigenvalue weighted by atomic mass is 10.5. The molecular formula is C10H18BrN3O2S2. The number of sulfonamides is 1. The van der Waals surface area contributed by atoms with Crippen molar-refractivity contribution in [3.8, 4) is 0 Å². The van der Waals surface area contributed by atoms with Gasteiger partial charge in [-0.05, 0) is 35.6 Å². The molecule has 0 aliphatic heterocycles. The molecule has 1 aromatic heterocycles. The maximum atomic E-state index is 12.1. The van der Waals surface area contributed by atoms with Crippen molar-refractivity contribution in [2.45, 2.75) is 18.4 Å². The summed E-state index contributed by atoms with van der Waals surface area (Å²) in [5.41, 5.74) is 5.50. The molecule has 1 heterocycles. The van der Waals surface area contributed by atoms with Gasteiger partial charge in [0.05, 0.1) is 3.79 Å². The zero-order valence-electron chi connectivity index (χ0n) is 10.4. The van der Waals surface area contributed by atoms with Crippen molar-refractivity contribution in [2.75, 3.05) is 26.7 Å². The molecule has 0 atom stereocenters. The maximum Gasteiger partial charge on any atom is 0.242 e. The van der Waals surface area contributed by atoms with E-state index in [0.717, 1.165) is 11.4 Å². The molecule has 0 aliphatic carbocycles. The van der Waals surface area contributed by atoms with Crippen LogP contribution in [0.1, 0.15) is 11.8 Å². The van der Waals surface area contributed by atoms with E-state index < -0.39 is 10.0 Å². The Morgan fingerprint density at radius 2 is 2.22 bits per heavy atom. The fraction of sp³-hybridized carbons (Fsp3) is 0.600. The number of hydrogen-bond donors (Lipinski definition) is 2. The number of nitrogens with two attached hydrogens (primary N) is 1. The van der Waals surface area contributed by atoms with Crippen LogP contribution in [0.5, 0.6) is 0 Å². The second-order valence-electron chi connectivity index (χ2n) is 3.85.